The number of carbonyl (C=O) groups excluding carboxylic acids is 1. The lowest BCUT2D eigenvalue weighted by atomic mass is 10.3. The third-order valence-corrected chi connectivity index (χ3v) is 3.75. The standard InChI is InChI=1S/C12H18N2O3S/c1-2-3-9-13-12(15)10-14-18(16,17)11-7-5-4-6-8-11/h4-8,14H,2-3,9-10H2,1H3,(H,13,15). The van der Waals surface area contributed by atoms with Crippen LogP contribution in [0.3, 0.4) is 0 Å². The third-order valence-electron chi connectivity index (χ3n) is 2.33. The molecule has 0 heterocycles. The van der Waals surface area contributed by atoms with Crippen LogP contribution in [0.25, 0.3) is 0 Å². The molecule has 1 aromatic carbocycles. The Kier molecular flexibility index (Phi) is 5.80. The molecule has 0 aromatic heterocycles. The maximum atomic E-state index is 11.8. The lowest BCUT2D eigenvalue weighted by molar-refractivity contribution is -0.119. The summed E-state index contributed by atoms with van der Waals surface area (Å²) in [5, 5.41) is 2.64. The normalized spacial score (nSPS) is 11.2. The van der Waals surface area contributed by atoms with Crippen molar-refractivity contribution in [2.45, 2.75) is 24.7 Å². The highest BCUT2D eigenvalue weighted by Crippen LogP contribution is 2.06. The van der Waals surface area contributed by atoms with E-state index in [2.05, 4.69) is 10.0 Å². The van der Waals surface area contributed by atoms with Gasteiger partial charge in [-0.15, -0.1) is 0 Å². The topological polar surface area (TPSA) is 75.3 Å². The van der Waals surface area contributed by atoms with Gasteiger partial charge < -0.3 is 5.32 Å². The number of hydrogen-bond donors (Lipinski definition) is 2. The molecule has 0 saturated carbocycles. The van der Waals surface area contributed by atoms with E-state index in [1.54, 1.807) is 18.2 Å². The SMILES string of the molecule is CCCCNC(=O)CNS(=O)(=O)c1ccccc1. The van der Waals surface area contributed by atoms with Crippen LogP contribution in [0.15, 0.2) is 35.2 Å². The zero-order chi connectivity index (χ0) is 13.4. The van der Waals surface area contributed by atoms with Crippen LogP contribution in [0.5, 0.6) is 0 Å². The summed E-state index contributed by atoms with van der Waals surface area (Å²) in [4.78, 5) is 11.5. The highest BCUT2D eigenvalue weighted by molar-refractivity contribution is 7.89. The van der Waals surface area contributed by atoms with E-state index in [-0.39, 0.29) is 17.3 Å². The van der Waals surface area contributed by atoms with E-state index in [1.807, 2.05) is 6.92 Å². The van der Waals surface area contributed by atoms with E-state index >= 15 is 0 Å². The van der Waals surface area contributed by atoms with Crippen molar-refractivity contribution in [2.24, 2.45) is 0 Å². The van der Waals surface area contributed by atoms with Crippen LogP contribution >= 0.6 is 0 Å². The van der Waals surface area contributed by atoms with E-state index in [1.165, 1.54) is 12.1 Å². The number of benzene rings is 1. The lowest BCUT2D eigenvalue weighted by Gasteiger charge is -2.07. The second-order valence-electron chi connectivity index (χ2n) is 3.84. The maximum absolute atomic E-state index is 11.8. The molecule has 2 N–H and O–H groups in total. The molecule has 0 aliphatic carbocycles. The van der Waals surface area contributed by atoms with Crippen molar-refractivity contribution in [3.63, 3.8) is 0 Å². The van der Waals surface area contributed by atoms with Gasteiger partial charge in [0.2, 0.25) is 15.9 Å². The predicted molar refractivity (Wildman–Crippen MR) is 69.5 cm³/mol. The van der Waals surface area contributed by atoms with Gasteiger partial charge in [0.05, 0.1) is 11.4 Å². The third kappa shape index (κ3) is 4.85. The van der Waals surface area contributed by atoms with Gasteiger partial charge in [0.25, 0.3) is 0 Å². The zero-order valence-electron chi connectivity index (χ0n) is 10.3. The van der Waals surface area contributed by atoms with E-state index in [9.17, 15) is 13.2 Å². The molecule has 6 heteroatoms. The Morgan fingerprint density at radius 2 is 1.89 bits per heavy atom. The molecular formula is C12H18N2O3S. The number of sulfonamides is 1. The molecule has 1 amide bonds. The highest BCUT2D eigenvalue weighted by atomic mass is 32.2. The van der Waals surface area contributed by atoms with Crippen LogP contribution in [0, 0.1) is 0 Å². The number of rotatable bonds is 7. The first-order chi connectivity index (χ1) is 8.56. The van der Waals surface area contributed by atoms with Crippen LogP contribution in [0.1, 0.15) is 19.8 Å². The molecule has 0 unspecified atom stereocenters. The number of amides is 1. The molecule has 0 spiro atoms. The van der Waals surface area contributed by atoms with Gasteiger partial charge in [-0.3, -0.25) is 4.79 Å². The molecule has 0 aliphatic heterocycles. The summed E-state index contributed by atoms with van der Waals surface area (Å²) in [5.74, 6) is -0.317. The van der Waals surface area contributed by atoms with Crippen molar-refractivity contribution in [3.8, 4) is 0 Å². The van der Waals surface area contributed by atoms with Gasteiger partial charge >= 0.3 is 0 Å². The molecule has 1 rings (SSSR count). The Balaban J connectivity index is 2.46. The lowest BCUT2D eigenvalue weighted by Crippen LogP contribution is -2.37. The summed E-state index contributed by atoms with van der Waals surface area (Å²) in [7, 11) is -3.60. The monoisotopic (exact) mass is 270 g/mol. The first-order valence-corrected chi connectivity index (χ1v) is 7.36. The average Bonchev–Trinajstić information content (AvgIpc) is 2.38. The minimum atomic E-state index is -3.60. The molecule has 1 aromatic rings. The maximum Gasteiger partial charge on any atom is 0.241 e. The molecule has 5 nitrogen and oxygen atoms in total. The fraction of sp³-hybridized carbons (Fsp3) is 0.417. The number of unbranched alkanes of at least 4 members (excludes halogenated alkanes) is 1. The van der Waals surface area contributed by atoms with Crippen LogP contribution < -0.4 is 10.0 Å². The number of nitrogens with one attached hydrogen (secondary N) is 2. The van der Waals surface area contributed by atoms with Gasteiger partial charge in [-0.2, -0.15) is 0 Å². The van der Waals surface area contributed by atoms with Crippen LogP contribution in [0.2, 0.25) is 0 Å². The summed E-state index contributed by atoms with van der Waals surface area (Å²) in [6, 6.07) is 7.97. The van der Waals surface area contributed by atoms with Crippen LogP contribution in [-0.2, 0) is 14.8 Å². The van der Waals surface area contributed by atoms with Crippen molar-refractivity contribution in [2.75, 3.05) is 13.1 Å². The molecule has 0 atom stereocenters. The van der Waals surface area contributed by atoms with E-state index < -0.39 is 10.0 Å². The number of carbonyl (C=O) groups is 1. The van der Waals surface area contributed by atoms with Crippen molar-refractivity contribution in [1.82, 2.24) is 10.0 Å². The largest absolute Gasteiger partial charge is 0.355 e. The quantitative estimate of drug-likeness (QED) is 0.722. The van der Waals surface area contributed by atoms with Crippen molar-refractivity contribution in [1.29, 1.82) is 0 Å². The Morgan fingerprint density at radius 1 is 1.22 bits per heavy atom. The smallest absolute Gasteiger partial charge is 0.241 e. The van der Waals surface area contributed by atoms with Gasteiger partial charge in [-0.1, -0.05) is 31.5 Å². The summed E-state index contributed by atoms with van der Waals surface area (Å²) in [6.45, 7) is 2.35. The molecule has 18 heavy (non-hydrogen) atoms. The fourth-order valence-corrected chi connectivity index (χ4v) is 2.31. The second-order valence-corrected chi connectivity index (χ2v) is 5.61. The van der Waals surface area contributed by atoms with Gasteiger partial charge in [0, 0.05) is 6.54 Å². The Bertz CT molecular complexity index is 471. The van der Waals surface area contributed by atoms with Crippen molar-refractivity contribution < 1.29 is 13.2 Å². The van der Waals surface area contributed by atoms with Crippen molar-refractivity contribution in [3.05, 3.63) is 30.3 Å². The van der Waals surface area contributed by atoms with E-state index in [0.717, 1.165) is 12.8 Å². The Labute approximate surface area is 108 Å². The molecule has 0 bridgehead atoms. The second kappa shape index (κ2) is 7.13. The van der Waals surface area contributed by atoms with Crippen LogP contribution in [-0.4, -0.2) is 27.4 Å². The van der Waals surface area contributed by atoms with Crippen LogP contribution in [0.4, 0.5) is 0 Å². The summed E-state index contributed by atoms with van der Waals surface area (Å²) in [6.07, 6.45) is 1.87. The Morgan fingerprint density at radius 3 is 2.50 bits per heavy atom. The van der Waals surface area contributed by atoms with Gasteiger partial charge in [0.1, 0.15) is 0 Å². The molecule has 100 valence electrons. The van der Waals surface area contributed by atoms with E-state index in [4.69, 9.17) is 0 Å². The zero-order valence-corrected chi connectivity index (χ0v) is 11.2. The fourth-order valence-electron chi connectivity index (χ4n) is 1.31. The predicted octanol–water partition coefficient (Wildman–Crippen LogP) is 0.881. The van der Waals surface area contributed by atoms with Gasteiger partial charge in [0.15, 0.2) is 0 Å². The molecule has 0 aliphatic rings. The average molecular weight is 270 g/mol. The molecule has 0 saturated heterocycles. The molecule has 0 radical (unpaired) electrons. The summed E-state index contributed by atoms with van der Waals surface area (Å²) in [5.41, 5.74) is 0. The Hall–Kier alpha value is -1.40. The first-order valence-electron chi connectivity index (χ1n) is 5.87. The van der Waals surface area contributed by atoms with Gasteiger partial charge in [-0.05, 0) is 18.6 Å². The van der Waals surface area contributed by atoms with E-state index in [0.29, 0.717) is 6.54 Å². The molecule has 0 fully saturated rings. The minimum Gasteiger partial charge on any atom is -0.355 e. The van der Waals surface area contributed by atoms with Gasteiger partial charge in [-0.25, -0.2) is 13.1 Å². The summed E-state index contributed by atoms with van der Waals surface area (Å²) < 4.78 is 25.8. The number of hydrogen-bond acceptors (Lipinski definition) is 3. The minimum absolute atomic E-state index is 0.159. The van der Waals surface area contributed by atoms with Crippen molar-refractivity contribution >= 4 is 15.9 Å². The molecular weight excluding hydrogens is 252 g/mol. The summed E-state index contributed by atoms with van der Waals surface area (Å²) >= 11 is 0. The first kappa shape index (κ1) is 14.7. The highest BCUT2D eigenvalue weighted by Gasteiger charge is 2.14.